The summed E-state index contributed by atoms with van der Waals surface area (Å²) in [4.78, 5) is 33.8. The lowest BCUT2D eigenvalue weighted by molar-refractivity contribution is 0.0695. The average Bonchev–Trinajstić information content (AvgIpc) is 2.41. The number of benzene rings is 1. The Bertz CT molecular complexity index is 550. The molecule has 0 saturated heterocycles. The number of Topliss-reactive ketones (excluding diaryl/α,β-unsaturated/α-hetero) is 1. The summed E-state index contributed by atoms with van der Waals surface area (Å²) in [7, 11) is 0. The molecule has 20 heavy (non-hydrogen) atoms. The van der Waals surface area contributed by atoms with Crippen LogP contribution in [0.4, 0.5) is 4.79 Å². The lowest BCUT2D eigenvalue weighted by Gasteiger charge is -2.06. The van der Waals surface area contributed by atoms with E-state index in [2.05, 4.69) is 16.6 Å². The number of aryl methyl sites for hydroxylation is 1. The lowest BCUT2D eigenvalue weighted by Crippen LogP contribution is -2.30. The fraction of sp³-hybridized carbons (Fsp3) is 0.214. The van der Waals surface area contributed by atoms with Gasteiger partial charge in [-0.25, -0.2) is 9.59 Å². The number of carbonyl (C=O) groups is 3. The van der Waals surface area contributed by atoms with Crippen molar-refractivity contribution >= 4 is 17.8 Å². The number of hydrogen-bond acceptors (Lipinski definition) is 4. The van der Waals surface area contributed by atoms with E-state index in [-0.39, 0.29) is 24.5 Å². The molecule has 0 aliphatic heterocycles. The van der Waals surface area contributed by atoms with E-state index in [1.807, 2.05) is 0 Å². The number of nitrogens with one attached hydrogen (secondary N) is 1. The maximum Gasteiger partial charge on any atom is 0.407 e. The quantitative estimate of drug-likeness (QED) is 0.611. The van der Waals surface area contributed by atoms with Gasteiger partial charge < -0.3 is 15.2 Å². The highest BCUT2D eigenvalue weighted by atomic mass is 16.5. The van der Waals surface area contributed by atoms with Gasteiger partial charge in [-0.1, -0.05) is 18.7 Å². The van der Waals surface area contributed by atoms with Crippen molar-refractivity contribution in [2.24, 2.45) is 0 Å². The zero-order valence-corrected chi connectivity index (χ0v) is 11.0. The number of ether oxygens (including phenoxy) is 1. The Morgan fingerprint density at radius 3 is 2.65 bits per heavy atom. The van der Waals surface area contributed by atoms with Gasteiger partial charge in [0.15, 0.2) is 5.78 Å². The second kappa shape index (κ2) is 7.08. The zero-order chi connectivity index (χ0) is 15.1. The minimum absolute atomic E-state index is 0.0619. The van der Waals surface area contributed by atoms with Crippen LogP contribution in [0, 0.1) is 6.92 Å². The molecule has 1 rings (SSSR count). The Morgan fingerprint density at radius 2 is 2.10 bits per heavy atom. The molecule has 0 spiro atoms. The lowest BCUT2D eigenvalue weighted by atomic mass is 10.0. The SMILES string of the molecule is C=CCOC(=O)NCC(=O)c1ccc(C(=O)O)c(C)c1. The number of rotatable bonds is 6. The molecule has 1 amide bonds. The Kier molecular flexibility index (Phi) is 5.46. The van der Waals surface area contributed by atoms with Crippen molar-refractivity contribution in [2.75, 3.05) is 13.2 Å². The summed E-state index contributed by atoms with van der Waals surface area (Å²) in [6, 6.07) is 4.25. The second-order valence-corrected chi connectivity index (χ2v) is 4.00. The van der Waals surface area contributed by atoms with Crippen molar-refractivity contribution in [3.05, 3.63) is 47.5 Å². The van der Waals surface area contributed by atoms with Gasteiger partial charge in [-0.15, -0.1) is 0 Å². The molecule has 0 aliphatic carbocycles. The molecule has 0 heterocycles. The topological polar surface area (TPSA) is 92.7 Å². The highest BCUT2D eigenvalue weighted by Gasteiger charge is 2.12. The van der Waals surface area contributed by atoms with Crippen molar-refractivity contribution in [1.82, 2.24) is 5.32 Å². The van der Waals surface area contributed by atoms with Gasteiger partial charge >= 0.3 is 12.1 Å². The summed E-state index contributed by atoms with van der Waals surface area (Å²) in [5, 5.41) is 11.2. The molecule has 0 bridgehead atoms. The first-order valence-electron chi connectivity index (χ1n) is 5.84. The number of aromatic carboxylic acids is 1. The summed E-state index contributed by atoms with van der Waals surface area (Å²) in [5.74, 6) is -1.38. The van der Waals surface area contributed by atoms with Crippen LogP contribution in [0.25, 0.3) is 0 Å². The normalized spacial score (nSPS) is 9.65. The minimum atomic E-state index is -1.05. The van der Waals surface area contributed by atoms with Crippen LogP contribution in [-0.2, 0) is 4.74 Å². The van der Waals surface area contributed by atoms with Gasteiger partial charge in [-0.05, 0) is 24.6 Å². The molecule has 0 fully saturated rings. The summed E-state index contributed by atoms with van der Waals surface area (Å²) >= 11 is 0. The van der Waals surface area contributed by atoms with Crippen LogP contribution in [0.1, 0.15) is 26.3 Å². The summed E-state index contributed by atoms with van der Waals surface area (Å²) < 4.78 is 4.65. The molecule has 2 N–H and O–H groups in total. The Labute approximate surface area is 116 Å². The van der Waals surface area contributed by atoms with Gasteiger partial charge in [-0.2, -0.15) is 0 Å². The first-order valence-corrected chi connectivity index (χ1v) is 5.84. The molecular weight excluding hydrogens is 262 g/mol. The number of ketones is 1. The van der Waals surface area contributed by atoms with E-state index in [0.29, 0.717) is 11.1 Å². The van der Waals surface area contributed by atoms with Crippen LogP contribution in [0.2, 0.25) is 0 Å². The standard InChI is InChI=1S/C14H15NO5/c1-3-6-20-14(19)15-8-12(16)10-4-5-11(13(17)18)9(2)7-10/h3-5,7H,1,6,8H2,2H3,(H,15,19)(H,17,18). The zero-order valence-electron chi connectivity index (χ0n) is 11.0. The largest absolute Gasteiger partial charge is 0.478 e. The number of alkyl carbamates (subject to hydrolysis) is 1. The molecule has 0 radical (unpaired) electrons. The molecule has 0 saturated carbocycles. The third kappa shape index (κ3) is 4.24. The monoisotopic (exact) mass is 277 g/mol. The molecule has 6 nitrogen and oxygen atoms in total. The van der Waals surface area contributed by atoms with Gasteiger partial charge in [0.05, 0.1) is 12.1 Å². The van der Waals surface area contributed by atoms with Crippen LogP contribution in [0.15, 0.2) is 30.9 Å². The van der Waals surface area contributed by atoms with Crippen LogP contribution in [0.5, 0.6) is 0 Å². The molecule has 1 aromatic rings. The van der Waals surface area contributed by atoms with Crippen LogP contribution >= 0.6 is 0 Å². The molecule has 0 aromatic heterocycles. The minimum Gasteiger partial charge on any atom is -0.478 e. The number of amides is 1. The van der Waals surface area contributed by atoms with E-state index in [4.69, 9.17) is 5.11 Å². The van der Waals surface area contributed by atoms with Gasteiger partial charge in [0, 0.05) is 5.56 Å². The second-order valence-electron chi connectivity index (χ2n) is 4.00. The van der Waals surface area contributed by atoms with Crippen LogP contribution in [-0.4, -0.2) is 36.1 Å². The maximum atomic E-state index is 11.8. The van der Waals surface area contributed by atoms with Gasteiger partial charge in [0.1, 0.15) is 6.61 Å². The predicted molar refractivity (Wildman–Crippen MR) is 72.0 cm³/mol. The van der Waals surface area contributed by atoms with E-state index in [9.17, 15) is 14.4 Å². The molecule has 1 aromatic carbocycles. The van der Waals surface area contributed by atoms with E-state index < -0.39 is 12.1 Å². The molecule has 0 aliphatic rings. The van der Waals surface area contributed by atoms with Crippen LogP contribution < -0.4 is 5.32 Å². The summed E-state index contributed by atoms with van der Waals surface area (Å²) in [6.07, 6.45) is 0.701. The highest BCUT2D eigenvalue weighted by molar-refractivity contribution is 6.00. The van der Waals surface area contributed by atoms with Crippen molar-refractivity contribution in [3.8, 4) is 0 Å². The van der Waals surface area contributed by atoms with Gasteiger partial charge in [0.25, 0.3) is 0 Å². The third-order valence-corrected chi connectivity index (χ3v) is 2.50. The van der Waals surface area contributed by atoms with Crippen molar-refractivity contribution in [1.29, 1.82) is 0 Å². The van der Waals surface area contributed by atoms with E-state index in [1.54, 1.807) is 6.92 Å². The summed E-state index contributed by atoms with van der Waals surface area (Å²) in [6.45, 7) is 4.83. The smallest absolute Gasteiger partial charge is 0.407 e. The number of carboxylic acid groups (broad SMARTS) is 1. The fourth-order valence-corrected chi connectivity index (χ4v) is 1.52. The molecular formula is C14H15NO5. The maximum absolute atomic E-state index is 11.8. The molecule has 0 unspecified atom stereocenters. The van der Waals surface area contributed by atoms with Crippen molar-refractivity contribution < 1.29 is 24.2 Å². The van der Waals surface area contributed by atoms with E-state index in [1.165, 1.54) is 24.3 Å². The average molecular weight is 277 g/mol. The van der Waals surface area contributed by atoms with Gasteiger partial charge in [0.2, 0.25) is 0 Å². The molecule has 106 valence electrons. The number of carboxylic acids is 1. The van der Waals surface area contributed by atoms with Crippen molar-refractivity contribution in [3.63, 3.8) is 0 Å². The fourth-order valence-electron chi connectivity index (χ4n) is 1.52. The molecule has 0 atom stereocenters. The number of carbonyl (C=O) groups excluding carboxylic acids is 2. The van der Waals surface area contributed by atoms with E-state index >= 15 is 0 Å². The van der Waals surface area contributed by atoms with Crippen molar-refractivity contribution in [2.45, 2.75) is 6.92 Å². The third-order valence-electron chi connectivity index (χ3n) is 2.50. The first-order chi connectivity index (χ1) is 9.45. The van der Waals surface area contributed by atoms with Gasteiger partial charge in [-0.3, -0.25) is 4.79 Å². The summed E-state index contributed by atoms with van der Waals surface area (Å²) in [5.41, 5.74) is 0.953. The van der Waals surface area contributed by atoms with Crippen LogP contribution in [0.3, 0.4) is 0 Å². The number of hydrogen-bond donors (Lipinski definition) is 2. The molecule has 6 heteroatoms. The van der Waals surface area contributed by atoms with E-state index in [0.717, 1.165) is 0 Å². The first kappa shape index (κ1) is 15.4. The predicted octanol–water partition coefficient (Wildman–Crippen LogP) is 1.79. The Hall–Kier alpha value is -2.63. The Morgan fingerprint density at radius 1 is 1.40 bits per heavy atom. The highest BCUT2D eigenvalue weighted by Crippen LogP contribution is 2.11. The Balaban J connectivity index is 2.64.